The molecular weight excluding hydrogens is 447 g/mol. The Bertz CT molecular complexity index is 617. The van der Waals surface area contributed by atoms with Gasteiger partial charge >= 0.3 is 0 Å². The van der Waals surface area contributed by atoms with Crippen LogP contribution in [0.5, 0.6) is 5.75 Å². The van der Waals surface area contributed by atoms with E-state index in [0.717, 1.165) is 4.90 Å². The first-order valence-electron chi connectivity index (χ1n) is 6.47. The van der Waals surface area contributed by atoms with Crippen LogP contribution in [-0.4, -0.2) is 35.2 Å². The number of nitrogens with zero attached hydrogens (tertiary/aromatic N) is 2. The van der Waals surface area contributed by atoms with Crippen molar-refractivity contribution in [2.75, 3.05) is 13.2 Å². The van der Waals surface area contributed by atoms with Crippen molar-refractivity contribution in [3.8, 4) is 11.8 Å². The number of hydrogen-bond acceptors (Lipinski definition) is 3. The van der Waals surface area contributed by atoms with Gasteiger partial charge in [0.15, 0.2) is 6.61 Å². The molecule has 1 heterocycles. The number of hydrogen-bond donors (Lipinski definition) is 0. The van der Waals surface area contributed by atoms with Crippen LogP contribution < -0.4 is 4.74 Å². The number of nitriles is 1. The minimum Gasteiger partial charge on any atom is -0.479 e. The number of benzene rings is 1. The minimum absolute atomic E-state index is 0. The van der Waals surface area contributed by atoms with Gasteiger partial charge in [-0.05, 0) is 12.1 Å². The summed E-state index contributed by atoms with van der Waals surface area (Å²) in [6.07, 6.45) is 0.674. The predicted octanol–water partition coefficient (Wildman–Crippen LogP) is 2.99. The van der Waals surface area contributed by atoms with Crippen LogP contribution in [0.4, 0.5) is 8.78 Å². The molecule has 0 fully saturated rings. The summed E-state index contributed by atoms with van der Waals surface area (Å²) in [5.74, 6) is 0.0886. The number of ether oxygens (including phenoxy) is 1. The largest absolute Gasteiger partial charge is 0.479 e. The molecule has 1 unspecified atom stereocenters. The Balaban J connectivity index is 0.00000264. The molecule has 1 aliphatic rings. The Morgan fingerprint density at radius 1 is 1.43 bits per heavy atom. The van der Waals surface area contributed by atoms with E-state index in [1.807, 2.05) is 6.07 Å². The third-order valence-electron chi connectivity index (χ3n) is 3.00. The molecule has 0 saturated carbocycles. The van der Waals surface area contributed by atoms with Gasteiger partial charge in [-0.3, -0.25) is 4.79 Å². The SMILES string of the molecule is N#CCOc1ccc(C2=[C-]CC(Br)C(=O)N2CC(F)F)cc1.[Y]. The Kier molecular flexibility index (Phi) is 8.31. The summed E-state index contributed by atoms with van der Waals surface area (Å²) in [7, 11) is 0. The molecule has 1 amide bonds. The molecule has 2 rings (SSSR count). The number of halogens is 3. The van der Waals surface area contributed by atoms with E-state index in [1.165, 1.54) is 0 Å². The van der Waals surface area contributed by atoms with Crippen LogP contribution in [-0.2, 0) is 37.5 Å². The van der Waals surface area contributed by atoms with E-state index in [-0.39, 0.29) is 39.3 Å². The van der Waals surface area contributed by atoms with Crippen LogP contribution in [0.15, 0.2) is 24.3 Å². The number of carbonyl (C=O) groups excluding carboxylic acids is 1. The van der Waals surface area contributed by atoms with Crippen LogP contribution in [0.25, 0.3) is 5.70 Å². The van der Waals surface area contributed by atoms with Crippen molar-refractivity contribution in [1.82, 2.24) is 4.90 Å². The molecular formula is C15H12BrF2N2O2Y-. The van der Waals surface area contributed by atoms with Gasteiger partial charge in [0.1, 0.15) is 11.8 Å². The second kappa shape index (κ2) is 9.46. The first kappa shape index (κ1) is 20.2. The van der Waals surface area contributed by atoms with Crippen LogP contribution in [0.3, 0.4) is 0 Å². The molecule has 1 aromatic rings. The normalized spacial score (nSPS) is 17.3. The maximum atomic E-state index is 12.7. The number of carbonyl (C=O) groups is 1. The van der Waals surface area contributed by atoms with Gasteiger partial charge in [-0.2, -0.15) is 10.8 Å². The van der Waals surface area contributed by atoms with Gasteiger partial charge in [0.25, 0.3) is 6.43 Å². The number of alkyl halides is 3. The summed E-state index contributed by atoms with van der Waals surface area (Å²) in [5.41, 5.74) is 0.936. The van der Waals surface area contributed by atoms with E-state index in [1.54, 1.807) is 24.3 Å². The number of rotatable bonds is 5. The fourth-order valence-corrected chi connectivity index (χ4v) is 2.46. The number of allylic oxidation sites excluding steroid dienone is 1. The summed E-state index contributed by atoms with van der Waals surface area (Å²) in [5, 5.41) is 8.45. The molecule has 0 N–H and O–H groups in total. The molecule has 8 heteroatoms. The van der Waals surface area contributed by atoms with Crippen LogP contribution in [0.2, 0.25) is 0 Å². The van der Waals surface area contributed by atoms with Crippen molar-refractivity contribution < 1.29 is 51.0 Å². The molecule has 0 bridgehead atoms. The first-order chi connectivity index (χ1) is 10.5. The van der Waals surface area contributed by atoms with Crippen molar-refractivity contribution in [1.29, 1.82) is 5.26 Å². The van der Waals surface area contributed by atoms with Gasteiger partial charge < -0.3 is 9.64 Å². The summed E-state index contributed by atoms with van der Waals surface area (Å²) in [6.45, 7) is -0.745. The smallest absolute Gasteiger partial charge is 0.256 e. The Labute approximate surface area is 166 Å². The second-order valence-corrected chi connectivity index (χ2v) is 5.61. The third-order valence-corrected chi connectivity index (χ3v) is 3.72. The second-order valence-electron chi connectivity index (χ2n) is 4.51. The van der Waals surface area contributed by atoms with Crippen molar-refractivity contribution in [2.24, 2.45) is 0 Å². The molecule has 0 aromatic heterocycles. The zero-order valence-corrected chi connectivity index (χ0v) is 16.4. The monoisotopic (exact) mass is 458 g/mol. The maximum Gasteiger partial charge on any atom is 0.256 e. The van der Waals surface area contributed by atoms with E-state index in [9.17, 15) is 13.6 Å². The minimum atomic E-state index is -2.63. The predicted molar refractivity (Wildman–Crippen MR) is 79.2 cm³/mol. The molecule has 1 aromatic carbocycles. The quantitative estimate of drug-likeness (QED) is 0.503. The van der Waals surface area contributed by atoms with Gasteiger partial charge in [0, 0.05) is 32.7 Å². The van der Waals surface area contributed by atoms with Crippen LogP contribution in [0, 0.1) is 17.4 Å². The average molecular weight is 459 g/mol. The standard InChI is InChI=1S/C15H12BrF2N2O2.Y/c16-12-5-6-13(20(15(12)21)9-14(17)18)10-1-3-11(4-2-10)22-8-7-19;/h1-4,12,14H,5,8-9H2;/q-1;. The van der Waals surface area contributed by atoms with Gasteiger partial charge in [-0.15, -0.1) is 17.8 Å². The van der Waals surface area contributed by atoms with Gasteiger partial charge in [-0.1, -0.05) is 22.4 Å². The molecule has 4 nitrogen and oxygen atoms in total. The average Bonchev–Trinajstić information content (AvgIpc) is 2.50. The molecule has 0 spiro atoms. The summed E-state index contributed by atoms with van der Waals surface area (Å²) < 4.78 is 30.6. The van der Waals surface area contributed by atoms with E-state index < -0.39 is 23.7 Å². The van der Waals surface area contributed by atoms with Gasteiger partial charge in [-0.25, -0.2) is 14.9 Å². The van der Waals surface area contributed by atoms with E-state index in [2.05, 4.69) is 22.0 Å². The molecule has 119 valence electrons. The number of amides is 1. The van der Waals surface area contributed by atoms with E-state index in [4.69, 9.17) is 10.00 Å². The van der Waals surface area contributed by atoms with Crippen molar-refractivity contribution in [3.63, 3.8) is 0 Å². The van der Waals surface area contributed by atoms with Gasteiger partial charge in [0.2, 0.25) is 5.91 Å². The Morgan fingerprint density at radius 3 is 2.65 bits per heavy atom. The van der Waals surface area contributed by atoms with Crippen LogP contribution in [0.1, 0.15) is 12.0 Å². The van der Waals surface area contributed by atoms with Gasteiger partial charge in [0.05, 0.1) is 11.4 Å². The topological polar surface area (TPSA) is 53.3 Å². The zero-order valence-electron chi connectivity index (χ0n) is 12.0. The molecule has 0 saturated heterocycles. The Hall–Kier alpha value is -0.836. The molecule has 1 radical (unpaired) electrons. The van der Waals surface area contributed by atoms with Crippen molar-refractivity contribution in [3.05, 3.63) is 35.9 Å². The molecule has 23 heavy (non-hydrogen) atoms. The molecule has 1 aliphatic heterocycles. The van der Waals surface area contributed by atoms with Crippen molar-refractivity contribution in [2.45, 2.75) is 17.7 Å². The molecule has 0 aliphatic carbocycles. The summed E-state index contributed by atoms with van der Waals surface area (Å²) in [6, 6.07) is 8.38. The van der Waals surface area contributed by atoms with E-state index in [0.29, 0.717) is 23.4 Å². The molecule has 1 atom stereocenters. The maximum absolute atomic E-state index is 12.7. The van der Waals surface area contributed by atoms with Crippen LogP contribution >= 0.6 is 15.9 Å². The fraction of sp³-hybridized carbons (Fsp3) is 0.333. The Morgan fingerprint density at radius 2 is 2.09 bits per heavy atom. The summed E-state index contributed by atoms with van der Waals surface area (Å²) in [4.78, 5) is 12.6. The van der Waals surface area contributed by atoms with Crippen molar-refractivity contribution >= 4 is 27.5 Å². The third kappa shape index (κ3) is 5.34. The fourth-order valence-electron chi connectivity index (χ4n) is 2.05. The summed E-state index contributed by atoms with van der Waals surface area (Å²) >= 11 is 3.16. The van der Waals surface area contributed by atoms with E-state index >= 15 is 0 Å². The first-order valence-corrected chi connectivity index (χ1v) is 7.39. The zero-order chi connectivity index (χ0) is 16.1.